The molecule has 1 fully saturated rings. The molecule has 0 radical (unpaired) electrons. The Kier molecular flexibility index (Phi) is 5.03. The monoisotopic (exact) mass is 331 g/mol. The van der Waals surface area contributed by atoms with Crippen molar-refractivity contribution in [2.45, 2.75) is 17.6 Å². The van der Waals surface area contributed by atoms with E-state index in [1.54, 1.807) is 6.20 Å². The normalized spacial score (nSPS) is 16.9. The van der Waals surface area contributed by atoms with Gasteiger partial charge in [0.05, 0.1) is 17.5 Å². The van der Waals surface area contributed by atoms with Crippen molar-refractivity contribution in [3.63, 3.8) is 0 Å². The molecular weight excluding hydrogens is 310 g/mol. The summed E-state index contributed by atoms with van der Waals surface area (Å²) in [4.78, 5) is 12.6. The van der Waals surface area contributed by atoms with Gasteiger partial charge < -0.3 is 10.1 Å². The summed E-state index contributed by atoms with van der Waals surface area (Å²) in [6, 6.07) is 9.77. The third-order valence-corrected chi connectivity index (χ3v) is 5.77. The highest BCUT2D eigenvalue weighted by molar-refractivity contribution is 8.00. The summed E-state index contributed by atoms with van der Waals surface area (Å²) in [6.07, 6.45) is 5.62. The zero-order valence-corrected chi connectivity index (χ0v) is 14.0. The molecule has 2 heterocycles. The summed E-state index contributed by atoms with van der Waals surface area (Å²) in [7, 11) is 0. The van der Waals surface area contributed by atoms with E-state index in [1.807, 2.05) is 42.1 Å². The number of ether oxygens (including phenoxy) is 1. The number of aromatic nitrogens is 2. The zero-order valence-electron chi connectivity index (χ0n) is 13.2. The van der Waals surface area contributed by atoms with Gasteiger partial charge in [-0.05, 0) is 19.1 Å². The number of carbonyl (C=O) groups is 1. The fraction of sp³-hybridized carbons (Fsp3) is 0.412. The molecule has 1 amide bonds. The standard InChI is InChI=1S/C17H21N3O2S/c1-23-17(7-9-22-10-8-17)12-18-16(21)14-11-19-20-15(14)13-5-3-2-4-6-13/h2-6,11H,7-10,12H2,1H3,(H,18,21)(H,19,20). The number of rotatable bonds is 5. The number of H-pyrrole nitrogens is 1. The maximum Gasteiger partial charge on any atom is 0.255 e. The van der Waals surface area contributed by atoms with Gasteiger partial charge in [-0.15, -0.1) is 0 Å². The molecule has 2 aromatic rings. The molecule has 0 saturated carbocycles. The first-order chi connectivity index (χ1) is 11.2. The molecule has 0 unspecified atom stereocenters. The van der Waals surface area contributed by atoms with Gasteiger partial charge in [-0.2, -0.15) is 16.9 Å². The number of benzene rings is 1. The molecule has 5 nitrogen and oxygen atoms in total. The lowest BCUT2D eigenvalue weighted by Gasteiger charge is -2.35. The summed E-state index contributed by atoms with van der Waals surface area (Å²) in [5.74, 6) is -0.0856. The molecule has 23 heavy (non-hydrogen) atoms. The number of hydrogen-bond acceptors (Lipinski definition) is 4. The maximum atomic E-state index is 12.6. The largest absolute Gasteiger partial charge is 0.381 e. The second-order valence-corrected chi connectivity index (χ2v) is 6.98. The minimum absolute atomic E-state index is 0.0740. The number of carbonyl (C=O) groups excluding carboxylic acids is 1. The van der Waals surface area contributed by atoms with E-state index in [1.165, 1.54) is 0 Å². The van der Waals surface area contributed by atoms with Crippen LogP contribution in [0.25, 0.3) is 11.3 Å². The third kappa shape index (κ3) is 3.59. The Hall–Kier alpha value is -1.79. The first-order valence-electron chi connectivity index (χ1n) is 7.74. The van der Waals surface area contributed by atoms with Crippen molar-refractivity contribution in [1.82, 2.24) is 15.5 Å². The lowest BCUT2D eigenvalue weighted by atomic mass is 9.98. The molecule has 1 aromatic heterocycles. The van der Waals surface area contributed by atoms with Crippen LogP contribution in [-0.2, 0) is 4.74 Å². The van der Waals surface area contributed by atoms with E-state index >= 15 is 0 Å². The lowest BCUT2D eigenvalue weighted by molar-refractivity contribution is 0.0742. The summed E-state index contributed by atoms with van der Waals surface area (Å²) in [5.41, 5.74) is 2.30. The molecule has 1 aromatic carbocycles. The van der Waals surface area contributed by atoms with Crippen molar-refractivity contribution >= 4 is 17.7 Å². The molecule has 6 heteroatoms. The number of nitrogens with one attached hydrogen (secondary N) is 2. The van der Waals surface area contributed by atoms with Gasteiger partial charge in [0, 0.05) is 30.1 Å². The van der Waals surface area contributed by atoms with Crippen molar-refractivity contribution in [2.75, 3.05) is 26.0 Å². The minimum Gasteiger partial charge on any atom is -0.381 e. The number of thioether (sulfide) groups is 1. The quantitative estimate of drug-likeness (QED) is 0.884. The second kappa shape index (κ2) is 7.19. The van der Waals surface area contributed by atoms with Crippen molar-refractivity contribution in [1.29, 1.82) is 0 Å². The fourth-order valence-corrected chi connectivity index (χ4v) is 3.61. The van der Waals surface area contributed by atoms with Gasteiger partial charge in [-0.25, -0.2) is 0 Å². The van der Waals surface area contributed by atoms with Crippen LogP contribution in [0, 0.1) is 0 Å². The van der Waals surface area contributed by atoms with Gasteiger partial charge in [0.25, 0.3) is 5.91 Å². The van der Waals surface area contributed by atoms with E-state index in [-0.39, 0.29) is 10.7 Å². The van der Waals surface area contributed by atoms with Gasteiger partial charge in [0.15, 0.2) is 0 Å². The number of amides is 1. The van der Waals surface area contributed by atoms with Crippen LogP contribution < -0.4 is 5.32 Å². The molecule has 2 N–H and O–H groups in total. The van der Waals surface area contributed by atoms with E-state index in [4.69, 9.17) is 4.74 Å². The van der Waals surface area contributed by atoms with Crippen LogP contribution in [0.5, 0.6) is 0 Å². The van der Waals surface area contributed by atoms with E-state index in [9.17, 15) is 4.79 Å². The highest BCUT2D eigenvalue weighted by atomic mass is 32.2. The maximum absolute atomic E-state index is 12.6. The first-order valence-corrected chi connectivity index (χ1v) is 8.96. The lowest BCUT2D eigenvalue weighted by Crippen LogP contribution is -2.44. The Morgan fingerprint density at radius 3 is 2.78 bits per heavy atom. The number of hydrogen-bond donors (Lipinski definition) is 2. The summed E-state index contributed by atoms with van der Waals surface area (Å²) < 4.78 is 5.52. The van der Waals surface area contributed by atoms with Gasteiger partial charge in [0.1, 0.15) is 0 Å². The Bertz CT molecular complexity index is 651. The topological polar surface area (TPSA) is 67.0 Å². The molecule has 0 atom stereocenters. The van der Waals surface area contributed by atoms with Crippen LogP contribution in [0.3, 0.4) is 0 Å². The van der Waals surface area contributed by atoms with Crippen molar-refractivity contribution < 1.29 is 9.53 Å². The van der Waals surface area contributed by atoms with Crippen molar-refractivity contribution in [3.8, 4) is 11.3 Å². The van der Waals surface area contributed by atoms with Crippen LogP contribution in [0.4, 0.5) is 0 Å². The second-order valence-electron chi connectivity index (χ2n) is 5.71. The van der Waals surface area contributed by atoms with Gasteiger partial charge in [-0.1, -0.05) is 30.3 Å². The van der Waals surface area contributed by atoms with Crippen LogP contribution in [0.15, 0.2) is 36.5 Å². The molecular formula is C17H21N3O2S. The first kappa shape index (κ1) is 16.1. The molecule has 122 valence electrons. The Morgan fingerprint density at radius 1 is 1.35 bits per heavy atom. The third-order valence-electron chi connectivity index (χ3n) is 4.35. The van der Waals surface area contributed by atoms with E-state index in [0.29, 0.717) is 12.1 Å². The van der Waals surface area contributed by atoms with Gasteiger partial charge in [0.2, 0.25) is 0 Å². The molecule has 0 bridgehead atoms. The van der Waals surface area contributed by atoms with E-state index < -0.39 is 0 Å². The molecule has 1 saturated heterocycles. The summed E-state index contributed by atoms with van der Waals surface area (Å²) >= 11 is 1.81. The molecule has 0 spiro atoms. The highest BCUT2D eigenvalue weighted by Gasteiger charge is 2.32. The fourth-order valence-electron chi connectivity index (χ4n) is 2.82. The molecule has 3 rings (SSSR count). The van der Waals surface area contributed by atoms with Crippen LogP contribution in [0.2, 0.25) is 0 Å². The molecule has 1 aliphatic rings. The van der Waals surface area contributed by atoms with Gasteiger partial charge in [-0.3, -0.25) is 9.89 Å². The minimum atomic E-state index is -0.0856. The number of aromatic amines is 1. The van der Waals surface area contributed by atoms with E-state index in [0.717, 1.165) is 37.3 Å². The van der Waals surface area contributed by atoms with Crippen LogP contribution in [-0.4, -0.2) is 46.9 Å². The highest BCUT2D eigenvalue weighted by Crippen LogP contribution is 2.33. The molecule has 0 aliphatic carbocycles. The van der Waals surface area contributed by atoms with Crippen LogP contribution >= 0.6 is 11.8 Å². The van der Waals surface area contributed by atoms with Crippen molar-refractivity contribution in [2.24, 2.45) is 0 Å². The van der Waals surface area contributed by atoms with Crippen LogP contribution in [0.1, 0.15) is 23.2 Å². The molecule has 1 aliphatic heterocycles. The Morgan fingerprint density at radius 2 is 2.09 bits per heavy atom. The number of nitrogens with zero attached hydrogens (tertiary/aromatic N) is 1. The van der Waals surface area contributed by atoms with Crippen molar-refractivity contribution in [3.05, 3.63) is 42.1 Å². The Balaban J connectivity index is 1.71. The predicted octanol–water partition coefficient (Wildman–Crippen LogP) is 2.72. The smallest absolute Gasteiger partial charge is 0.255 e. The SMILES string of the molecule is CSC1(CNC(=O)c2cn[nH]c2-c2ccccc2)CCOCC1. The zero-order chi connectivity index (χ0) is 16.1. The summed E-state index contributed by atoms with van der Waals surface area (Å²) in [5, 5.41) is 10.1. The van der Waals surface area contributed by atoms with Gasteiger partial charge >= 0.3 is 0 Å². The predicted molar refractivity (Wildman–Crippen MR) is 92.7 cm³/mol. The average molecular weight is 331 g/mol. The Labute approximate surface area is 140 Å². The van der Waals surface area contributed by atoms with E-state index in [2.05, 4.69) is 21.8 Å². The summed E-state index contributed by atoms with van der Waals surface area (Å²) in [6.45, 7) is 2.17. The average Bonchev–Trinajstić information content (AvgIpc) is 3.11.